The van der Waals surface area contributed by atoms with Gasteiger partial charge in [-0.05, 0) is 76.6 Å². The van der Waals surface area contributed by atoms with Gasteiger partial charge < -0.3 is 9.64 Å². The largest absolute Gasteiger partial charge is 0.444 e. The van der Waals surface area contributed by atoms with Crippen molar-refractivity contribution in [2.24, 2.45) is 0 Å². The molecule has 1 aliphatic carbocycles. The Balaban J connectivity index is 1.70. The zero-order valence-corrected chi connectivity index (χ0v) is 17.3. The minimum absolute atomic E-state index is 0.105. The van der Waals surface area contributed by atoms with Crippen molar-refractivity contribution >= 4 is 18.0 Å². The second-order valence-corrected chi connectivity index (χ2v) is 9.51. The van der Waals surface area contributed by atoms with Crippen molar-refractivity contribution in [1.29, 1.82) is 0 Å². The Bertz CT molecular complexity index is 701. The lowest BCUT2D eigenvalue weighted by Gasteiger charge is -2.39. The lowest BCUT2D eigenvalue weighted by molar-refractivity contribution is -0.137. The van der Waals surface area contributed by atoms with Gasteiger partial charge in [-0.3, -0.25) is 0 Å². The van der Waals surface area contributed by atoms with E-state index in [1.165, 1.54) is 24.1 Å². The first-order chi connectivity index (χ1) is 13.0. The molecule has 1 saturated carbocycles. The first kappa shape index (κ1) is 21.3. The molecule has 0 radical (unpaired) electrons. The monoisotopic (exact) mass is 416 g/mol. The van der Waals surface area contributed by atoms with Crippen LogP contribution in [0.3, 0.4) is 0 Å². The third-order valence-electron chi connectivity index (χ3n) is 4.69. The highest BCUT2D eigenvalue weighted by atomic mass is 32.2. The summed E-state index contributed by atoms with van der Waals surface area (Å²) in [5.41, 5.74) is -1.18. The van der Waals surface area contributed by atoms with E-state index in [1.54, 1.807) is 11.0 Å². The van der Waals surface area contributed by atoms with Crippen molar-refractivity contribution in [3.05, 3.63) is 29.8 Å². The van der Waals surface area contributed by atoms with Gasteiger partial charge in [-0.25, -0.2) is 9.10 Å². The predicted octanol–water partition coefficient (Wildman–Crippen LogP) is 5.58. The van der Waals surface area contributed by atoms with Crippen LogP contribution in [0.4, 0.5) is 18.0 Å². The van der Waals surface area contributed by atoms with E-state index in [0.717, 1.165) is 31.7 Å². The molecule has 28 heavy (non-hydrogen) atoms. The fourth-order valence-electron chi connectivity index (χ4n) is 3.28. The van der Waals surface area contributed by atoms with Crippen LogP contribution in [0.5, 0.6) is 0 Å². The maximum absolute atomic E-state index is 13.0. The van der Waals surface area contributed by atoms with Crippen molar-refractivity contribution in [2.45, 2.75) is 75.2 Å². The number of hydrogen-bond donors (Lipinski definition) is 0. The Kier molecular flexibility index (Phi) is 6.20. The van der Waals surface area contributed by atoms with Crippen LogP contribution in [-0.4, -0.2) is 46.1 Å². The molecule has 8 heteroatoms. The van der Waals surface area contributed by atoms with Gasteiger partial charge in [0, 0.05) is 30.1 Å². The van der Waals surface area contributed by atoms with Gasteiger partial charge in [-0.1, -0.05) is 6.07 Å². The van der Waals surface area contributed by atoms with Crippen LogP contribution in [-0.2, 0) is 10.9 Å². The summed E-state index contributed by atoms with van der Waals surface area (Å²) >= 11 is 1.38. The molecule has 3 rings (SSSR count). The van der Waals surface area contributed by atoms with Gasteiger partial charge in [0.1, 0.15) is 5.60 Å². The fourth-order valence-corrected chi connectivity index (χ4v) is 4.53. The number of carbonyl (C=O) groups excluding carboxylic acids is 1. The van der Waals surface area contributed by atoms with Crippen LogP contribution in [0.15, 0.2) is 29.2 Å². The number of likely N-dealkylation sites (tertiary alicyclic amines) is 1. The molecule has 0 N–H and O–H groups in total. The third kappa shape index (κ3) is 5.80. The predicted molar refractivity (Wildman–Crippen MR) is 103 cm³/mol. The van der Waals surface area contributed by atoms with Crippen molar-refractivity contribution < 1.29 is 22.7 Å². The summed E-state index contributed by atoms with van der Waals surface area (Å²) in [7, 11) is 0. The smallest absolute Gasteiger partial charge is 0.416 e. The quantitative estimate of drug-likeness (QED) is 0.600. The highest BCUT2D eigenvalue weighted by Crippen LogP contribution is 2.41. The molecule has 1 unspecified atom stereocenters. The first-order valence-corrected chi connectivity index (χ1v) is 10.4. The summed E-state index contributed by atoms with van der Waals surface area (Å²) in [6.45, 7) is 6.71. The number of ether oxygens (including phenoxy) is 1. The van der Waals surface area contributed by atoms with Crippen molar-refractivity contribution in [3.8, 4) is 0 Å². The summed E-state index contributed by atoms with van der Waals surface area (Å²) < 4.78 is 46.8. The molecule has 0 spiro atoms. The van der Waals surface area contributed by atoms with E-state index >= 15 is 0 Å². The van der Waals surface area contributed by atoms with Gasteiger partial charge in [0.05, 0.1) is 5.56 Å². The van der Waals surface area contributed by atoms with Gasteiger partial charge in [-0.15, -0.1) is 0 Å². The molecule has 1 amide bonds. The standard InChI is InChI=1S/C20H27F3N2O2S/c1-19(2,3)27-18(26)24-11-5-7-16(13-24)25(15-9-10-15)28-17-8-4-6-14(12-17)20(21,22)23/h4,6,8,12,15-16H,5,7,9-11,13H2,1-3H3. The summed E-state index contributed by atoms with van der Waals surface area (Å²) in [4.78, 5) is 14.7. The van der Waals surface area contributed by atoms with Crippen LogP contribution in [0.1, 0.15) is 52.0 Å². The van der Waals surface area contributed by atoms with Gasteiger partial charge in [0.15, 0.2) is 0 Å². The Morgan fingerprint density at radius 3 is 2.50 bits per heavy atom. The number of alkyl halides is 3. The van der Waals surface area contributed by atoms with E-state index in [0.29, 0.717) is 24.0 Å². The van der Waals surface area contributed by atoms with Crippen LogP contribution < -0.4 is 0 Å². The lowest BCUT2D eigenvalue weighted by Crippen LogP contribution is -2.49. The Hall–Kier alpha value is -1.41. The molecule has 1 heterocycles. The first-order valence-electron chi connectivity index (χ1n) is 9.64. The zero-order valence-electron chi connectivity index (χ0n) is 16.5. The highest BCUT2D eigenvalue weighted by molar-refractivity contribution is 7.97. The van der Waals surface area contributed by atoms with Gasteiger partial charge >= 0.3 is 12.3 Å². The number of nitrogens with zero attached hydrogens (tertiary/aromatic N) is 2. The summed E-state index contributed by atoms with van der Waals surface area (Å²) in [6, 6.07) is 5.91. The molecule has 156 valence electrons. The van der Waals surface area contributed by atoms with E-state index in [2.05, 4.69) is 4.31 Å². The topological polar surface area (TPSA) is 32.8 Å². The molecule has 1 aliphatic heterocycles. The van der Waals surface area contributed by atoms with Crippen molar-refractivity contribution in [1.82, 2.24) is 9.21 Å². The SMILES string of the molecule is CC(C)(C)OC(=O)N1CCCC(N(Sc2cccc(C(F)(F)F)c2)C2CC2)C1. The molecule has 0 aromatic heterocycles. The number of halogens is 3. The number of hydrogen-bond acceptors (Lipinski definition) is 4. The molecule has 1 atom stereocenters. The summed E-state index contributed by atoms with van der Waals surface area (Å²) in [5.74, 6) is 0. The number of rotatable bonds is 4. The zero-order chi connectivity index (χ0) is 20.5. The molecule has 1 aromatic carbocycles. The van der Waals surface area contributed by atoms with E-state index in [4.69, 9.17) is 4.74 Å². The molecule has 1 saturated heterocycles. The number of amides is 1. The summed E-state index contributed by atoms with van der Waals surface area (Å²) in [5, 5.41) is 0. The molecule has 0 bridgehead atoms. The lowest BCUT2D eigenvalue weighted by atomic mass is 10.1. The van der Waals surface area contributed by atoms with E-state index < -0.39 is 17.3 Å². The van der Waals surface area contributed by atoms with E-state index in [-0.39, 0.29) is 12.1 Å². The summed E-state index contributed by atoms with van der Waals surface area (Å²) in [6.07, 6.45) is -0.821. The minimum Gasteiger partial charge on any atom is -0.444 e. The molecule has 1 aromatic rings. The number of piperidine rings is 1. The fraction of sp³-hybridized carbons (Fsp3) is 0.650. The average Bonchev–Trinajstić information content (AvgIpc) is 3.43. The van der Waals surface area contributed by atoms with E-state index in [9.17, 15) is 18.0 Å². The van der Waals surface area contributed by atoms with Crippen LogP contribution in [0, 0.1) is 0 Å². The second-order valence-electron chi connectivity index (χ2n) is 8.43. The molecular formula is C20H27F3N2O2S. The normalized spacial score (nSPS) is 21.1. The van der Waals surface area contributed by atoms with Crippen molar-refractivity contribution in [3.63, 3.8) is 0 Å². The second kappa shape index (κ2) is 8.14. The number of carbonyl (C=O) groups is 1. The van der Waals surface area contributed by atoms with Gasteiger partial charge in [0.25, 0.3) is 0 Å². The molecule has 4 nitrogen and oxygen atoms in total. The Morgan fingerprint density at radius 1 is 1.18 bits per heavy atom. The van der Waals surface area contributed by atoms with Crippen LogP contribution in [0.25, 0.3) is 0 Å². The van der Waals surface area contributed by atoms with Gasteiger partial charge in [0.2, 0.25) is 0 Å². The maximum atomic E-state index is 13.0. The maximum Gasteiger partial charge on any atom is 0.416 e. The molecular weight excluding hydrogens is 389 g/mol. The van der Waals surface area contributed by atoms with Crippen LogP contribution >= 0.6 is 11.9 Å². The third-order valence-corrected chi connectivity index (χ3v) is 5.96. The molecule has 2 aliphatic rings. The van der Waals surface area contributed by atoms with Gasteiger partial charge in [-0.2, -0.15) is 13.2 Å². The molecule has 2 fully saturated rings. The Morgan fingerprint density at radius 2 is 1.89 bits per heavy atom. The Labute approximate surface area is 168 Å². The van der Waals surface area contributed by atoms with Crippen molar-refractivity contribution in [2.75, 3.05) is 13.1 Å². The minimum atomic E-state index is -4.35. The average molecular weight is 417 g/mol. The number of benzene rings is 1. The highest BCUT2D eigenvalue weighted by Gasteiger charge is 2.39. The van der Waals surface area contributed by atoms with Crippen LogP contribution in [0.2, 0.25) is 0 Å². The van der Waals surface area contributed by atoms with E-state index in [1.807, 2.05) is 20.8 Å².